The summed E-state index contributed by atoms with van der Waals surface area (Å²) in [6.07, 6.45) is 0. The van der Waals surface area contributed by atoms with Gasteiger partial charge >= 0.3 is 0 Å². The molecule has 0 saturated heterocycles. The molecule has 20 heavy (non-hydrogen) atoms. The Morgan fingerprint density at radius 1 is 0.900 bits per heavy atom. The fraction of sp³-hybridized carbons (Fsp3) is 0.0588. The molecular formula is C17H13FO2. The molecule has 0 fully saturated rings. The van der Waals surface area contributed by atoms with E-state index in [1.807, 2.05) is 24.3 Å². The number of hydrogen-bond acceptors (Lipinski definition) is 2. The van der Waals surface area contributed by atoms with Crippen LogP contribution < -0.4 is 4.74 Å². The lowest BCUT2D eigenvalue weighted by Crippen LogP contribution is -1.87. The van der Waals surface area contributed by atoms with Crippen molar-refractivity contribution in [2.75, 3.05) is 7.11 Å². The molecule has 0 saturated carbocycles. The van der Waals surface area contributed by atoms with Gasteiger partial charge in [-0.3, -0.25) is 0 Å². The SMILES string of the molecule is COc1ccc2c(-c3ccc(F)cc3)cccc2c1O. The zero-order chi connectivity index (χ0) is 14.1. The third-order valence-electron chi connectivity index (χ3n) is 3.37. The number of halogens is 1. The van der Waals surface area contributed by atoms with E-state index in [9.17, 15) is 9.50 Å². The van der Waals surface area contributed by atoms with Gasteiger partial charge in [-0.05, 0) is 40.8 Å². The summed E-state index contributed by atoms with van der Waals surface area (Å²) in [6.45, 7) is 0. The minimum Gasteiger partial charge on any atom is -0.504 e. The van der Waals surface area contributed by atoms with E-state index >= 15 is 0 Å². The summed E-state index contributed by atoms with van der Waals surface area (Å²) in [5.41, 5.74) is 1.85. The minimum absolute atomic E-state index is 0.119. The van der Waals surface area contributed by atoms with Gasteiger partial charge in [0, 0.05) is 5.39 Å². The van der Waals surface area contributed by atoms with Gasteiger partial charge in [-0.2, -0.15) is 0 Å². The Morgan fingerprint density at radius 2 is 1.65 bits per heavy atom. The molecule has 3 rings (SSSR count). The number of phenolic OH excluding ortho intramolecular Hbond substituents is 1. The summed E-state index contributed by atoms with van der Waals surface area (Å²) >= 11 is 0. The first kappa shape index (κ1) is 12.5. The second-order valence-corrected chi connectivity index (χ2v) is 4.52. The van der Waals surface area contributed by atoms with Crippen LogP contribution in [0.15, 0.2) is 54.6 Å². The molecule has 3 aromatic rings. The average Bonchev–Trinajstić information content (AvgIpc) is 2.48. The Balaban J connectivity index is 2.27. The molecule has 0 amide bonds. The highest BCUT2D eigenvalue weighted by Gasteiger charge is 2.10. The number of fused-ring (bicyclic) bond motifs is 1. The van der Waals surface area contributed by atoms with Crippen molar-refractivity contribution >= 4 is 10.8 Å². The monoisotopic (exact) mass is 268 g/mol. The fourth-order valence-corrected chi connectivity index (χ4v) is 2.37. The number of ether oxygens (including phenoxy) is 1. The van der Waals surface area contributed by atoms with Crippen LogP contribution in [0.25, 0.3) is 21.9 Å². The fourth-order valence-electron chi connectivity index (χ4n) is 2.37. The first-order chi connectivity index (χ1) is 9.70. The highest BCUT2D eigenvalue weighted by Crippen LogP contribution is 2.38. The molecule has 0 heterocycles. The zero-order valence-electron chi connectivity index (χ0n) is 10.9. The van der Waals surface area contributed by atoms with Crippen LogP contribution in [0.4, 0.5) is 4.39 Å². The maximum atomic E-state index is 13.0. The van der Waals surface area contributed by atoms with Gasteiger partial charge in [-0.25, -0.2) is 4.39 Å². The standard InChI is InChI=1S/C17H13FO2/c1-20-16-10-9-14-13(3-2-4-15(14)17(16)19)11-5-7-12(18)8-6-11/h2-10,19H,1H3. The maximum absolute atomic E-state index is 13.0. The van der Waals surface area contributed by atoms with E-state index in [4.69, 9.17) is 4.74 Å². The summed E-state index contributed by atoms with van der Waals surface area (Å²) in [5, 5.41) is 11.8. The number of aromatic hydroxyl groups is 1. The quantitative estimate of drug-likeness (QED) is 0.748. The van der Waals surface area contributed by atoms with Crippen LogP contribution in [0.3, 0.4) is 0 Å². The van der Waals surface area contributed by atoms with Crippen LogP contribution in [-0.2, 0) is 0 Å². The van der Waals surface area contributed by atoms with Crippen molar-refractivity contribution in [3.05, 3.63) is 60.4 Å². The third kappa shape index (κ3) is 1.97. The summed E-state index contributed by atoms with van der Waals surface area (Å²) in [5.74, 6) is 0.293. The molecular weight excluding hydrogens is 255 g/mol. The predicted molar refractivity (Wildman–Crippen MR) is 77.6 cm³/mol. The van der Waals surface area contributed by atoms with Crippen LogP contribution in [0.2, 0.25) is 0 Å². The van der Waals surface area contributed by atoms with Gasteiger partial charge in [0.05, 0.1) is 7.11 Å². The third-order valence-corrected chi connectivity index (χ3v) is 3.37. The summed E-state index contributed by atoms with van der Waals surface area (Å²) in [4.78, 5) is 0. The molecule has 0 aliphatic heterocycles. The van der Waals surface area contributed by atoms with Gasteiger partial charge < -0.3 is 9.84 Å². The van der Waals surface area contributed by atoms with Crippen molar-refractivity contribution in [3.8, 4) is 22.6 Å². The highest BCUT2D eigenvalue weighted by molar-refractivity contribution is 6.00. The van der Waals surface area contributed by atoms with Gasteiger partial charge in [-0.1, -0.05) is 30.3 Å². The Morgan fingerprint density at radius 3 is 2.35 bits per heavy atom. The molecule has 1 N–H and O–H groups in total. The normalized spacial score (nSPS) is 10.7. The molecule has 3 aromatic carbocycles. The molecule has 0 aromatic heterocycles. The smallest absolute Gasteiger partial charge is 0.165 e. The van der Waals surface area contributed by atoms with E-state index in [1.54, 1.807) is 18.2 Å². The van der Waals surface area contributed by atoms with Crippen molar-refractivity contribution in [3.63, 3.8) is 0 Å². The topological polar surface area (TPSA) is 29.5 Å². The lowest BCUT2D eigenvalue weighted by molar-refractivity contribution is 0.376. The lowest BCUT2D eigenvalue weighted by Gasteiger charge is -2.10. The minimum atomic E-state index is -0.265. The first-order valence-electron chi connectivity index (χ1n) is 6.25. The van der Waals surface area contributed by atoms with Crippen LogP contribution in [0.5, 0.6) is 11.5 Å². The highest BCUT2D eigenvalue weighted by atomic mass is 19.1. The molecule has 0 unspecified atom stereocenters. The molecule has 0 aliphatic rings. The van der Waals surface area contributed by atoms with E-state index in [2.05, 4.69) is 0 Å². The Hall–Kier alpha value is -2.55. The summed E-state index contributed by atoms with van der Waals surface area (Å²) < 4.78 is 18.1. The van der Waals surface area contributed by atoms with E-state index < -0.39 is 0 Å². The van der Waals surface area contributed by atoms with E-state index in [-0.39, 0.29) is 11.6 Å². The molecule has 3 heteroatoms. The van der Waals surface area contributed by atoms with Gasteiger partial charge in [0.1, 0.15) is 5.82 Å². The molecule has 100 valence electrons. The lowest BCUT2D eigenvalue weighted by atomic mass is 9.97. The number of benzene rings is 3. The van der Waals surface area contributed by atoms with Gasteiger partial charge in [0.2, 0.25) is 0 Å². The number of methoxy groups -OCH3 is 1. The Labute approximate surface area is 116 Å². The van der Waals surface area contributed by atoms with E-state index in [0.29, 0.717) is 11.1 Å². The zero-order valence-corrected chi connectivity index (χ0v) is 10.9. The second-order valence-electron chi connectivity index (χ2n) is 4.52. The molecule has 2 nitrogen and oxygen atoms in total. The van der Waals surface area contributed by atoms with Crippen molar-refractivity contribution in [1.29, 1.82) is 0 Å². The predicted octanol–water partition coefficient (Wildman–Crippen LogP) is 4.36. The van der Waals surface area contributed by atoms with Crippen LogP contribution in [-0.4, -0.2) is 12.2 Å². The largest absolute Gasteiger partial charge is 0.504 e. The van der Waals surface area contributed by atoms with E-state index in [1.165, 1.54) is 19.2 Å². The van der Waals surface area contributed by atoms with Crippen LogP contribution >= 0.6 is 0 Å². The number of rotatable bonds is 2. The molecule has 0 bridgehead atoms. The second kappa shape index (κ2) is 4.85. The molecule has 0 radical (unpaired) electrons. The maximum Gasteiger partial charge on any atom is 0.165 e. The van der Waals surface area contributed by atoms with Gasteiger partial charge in [0.15, 0.2) is 11.5 Å². The summed E-state index contributed by atoms with van der Waals surface area (Å²) in [7, 11) is 1.52. The van der Waals surface area contributed by atoms with E-state index in [0.717, 1.165) is 16.5 Å². The van der Waals surface area contributed by atoms with Crippen molar-refractivity contribution in [2.24, 2.45) is 0 Å². The summed E-state index contributed by atoms with van der Waals surface area (Å²) in [6, 6.07) is 15.6. The van der Waals surface area contributed by atoms with Crippen molar-refractivity contribution < 1.29 is 14.2 Å². The number of phenols is 1. The average molecular weight is 268 g/mol. The van der Waals surface area contributed by atoms with Crippen LogP contribution in [0, 0.1) is 5.82 Å². The van der Waals surface area contributed by atoms with Crippen molar-refractivity contribution in [2.45, 2.75) is 0 Å². The Kier molecular flexibility index (Phi) is 3.03. The van der Waals surface area contributed by atoms with Gasteiger partial charge in [-0.15, -0.1) is 0 Å². The Bertz CT molecular complexity index is 764. The molecule has 0 atom stereocenters. The molecule has 0 spiro atoms. The number of hydrogen-bond donors (Lipinski definition) is 1. The van der Waals surface area contributed by atoms with Crippen molar-refractivity contribution in [1.82, 2.24) is 0 Å². The molecule has 0 aliphatic carbocycles. The first-order valence-corrected chi connectivity index (χ1v) is 6.25. The van der Waals surface area contributed by atoms with Gasteiger partial charge in [0.25, 0.3) is 0 Å². The van der Waals surface area contributed by atoms with Crippen LogP contribution in [0.1, 0.15) is 0 Å².